The fourth-order valence-corrected chi connectivity index (χ4v) is 6.99. The topological polar surface area (TPSA) is 96.4 Å². The molecule has 2 bridgehead atoms. The van der Waals surface area contributed by atoms with Crippen LogP contribution < -0.4 is 4.90 Å². The molecule has 3 unspecified atom stereocenters. The molecule has 0 aromatic heterocycles. The zero-order valence-electron chi connectivity index (χ0n) is 22.9. The number of ether oxygens (including phenoxy) is 2. The molecule has 1 aromatic rings. The first-order valence-electron chi connectivity index (χ1n) is 13.5. The van der Waals surface area contributed by atoms with Gasteiger partial charge in [0.25, 0.3) is 5.91 Å². The molecular formula is C30H40N2O6. The van der Waals surface area contributed by atoms with E-state index in [2.05, 4.69) is 13.2 Å². The Labute approximate surface area is 225 Å². The number of para-hydroxylation sites is 1. The van der Waals surface area contributed by atoms with Crippen molar-refractivity contribution >= 4 is 23.5 Å². The van der Waals surface area contributed by atoms with E-state index in [4.69, 9.17) is 9.47 Å². The Kier molecular flexibility index (Phi) is 7.86. The smallest absolute Gasteiger partial charge is 0.312 e. The summed E-state index contributed by atoms with van der Waals surface area (Å²) in [6.07, 6.45) is 4.63. The van der Waals surface area contributed by atoms with Crippen LogP contribution in [0.2, 0.25) is 0 Å². The average Bonchev–Trinajstić information content (AvgIpc) is 3.38. The monoisotopic (exact) mass is 524 g/mol. The SMILES string of the molecule is C=CCCOC(=O)[C@H]1[C@H]2C(=O)N(CCCO)C(C(=O)N(CC=C)c3c(C)cccc3C)C23CC(C)[C@]1(C)O3. The van der Waals surface area contributed by atoms with Crippen molar-refractivity contribution in [1.82, 2.24) is 4.90 Å². The molecule has 1 N–H and O–H groups in total. The number of benzene rings is 1. The predicted octanol–water partition coefficient (Wildman–Crippen LogP) is 3.33. The molecule has 8 nitrogen and oxygen atoms in total. The Hall–Kier alpha value is -2.97. The van der Waals surface area contributed by atoms with Gasteiger partial charge in [-0.3, -0.25) is 14.4 Å². The lowest BCUT2D eigenvalue weighted by Crippen LogP contribution is -2.57. The summed E-state index contributed by atoms with van der Waals surface area (Å²) in [4.78, 5) is 45.3. The lowest BCUT2D eigenvalue weighted by atomic mass is 9.62. The molecule has 38 heavy (non-hydrogen) atoms. The summed E-state index contributed by atoms with van der Waals surface area (Å²) < 4.78 is 12.3. The highest BCUT2D eigenvalue weighted by atomic mass is 16.6. The van der Waals surface area contributed by atoms with Crippen molar-refractivity contribution in [3.8, 4) is 0 Å². The number of likely N-dealkylation sites (tertiary alicyclic amines) is 1. The fraction of sp³-hybridized carbons (Fsp3) is 0.567. The lowest BCUT2D eigenvalue weighted by molar-refractivity contribution is -0.161. The maximum Gasteiger partial charge on any atom is 0.312 e. The van der Waals surface area contributed by atoms with Gasteiger partial charge in [0.05, 0.1) is 18.1 Å². The molecule has 2 amide bonds. The first-order chi connectivity index (χ1) is 18.1. The minimum absolute atomic E-state index is 0.0790. The molecular weight excluding hydrogens is 484 g/mol. The van der Waals surface area contributed by atoms with E-state index in [-0.39, 0.29) is 44.0 Å². The highest BCUT2D eigenvalue weighted by molar-refractivity contribution is 6.05. The van der Waals surface area contributed by atoms with Crippen molar-refractivity contribution in [2.75, 3.05) is 31.2 Å². The molecule has 8 heteroatoms. The van der Waals surface area contributed by atoms with Gasteiger partial charge in [-0.2, -0.15) is 0 Å². The van der Waals surface area contributed by atoms with Gasteiger partial charge >= 0.3 is 5.97 Å². The molecule has 0 radical (unpaired) electrons. The van der Waals surface area contributed by atoms with Crippen molar-refractivity contribution < 1.29 is 29.0 Å². The Morgan fingerprint density at radius 1 is 1.26 bits per heavy atom. The van der Waals surface area contributed by atoms with Gasteiger partial charge in [-0.05, 0) is 57.1 Å². The molecule has 1 spiro atoms. The van der Waals surface area contributed by atoms with Crippen molar-refractivity contribution in [2.45, 2.75) is 64.2 Å². The number of carbonyl (C=O) groups excluding carboxylic acids is 3. The zero-order chi connectivity index (χ0) is 27.8. The Morgan fingerprint density at radius 2 is 1.95 bits per heavy atom. The highest BCUT2D eigenvalue weighted by Gasteiger charge is 2.80. The van der Waals surface area contributed by atoms with Gasteiger partial charge in [-0.15, -0.1) is 13.2 Å². The van der Waals surface area contributed by atoms with Crippen LogP contribution in [0.15, 0.2) is 43.5 Å². The maximum atomic E-state index is 14.6. The zero-order valence-corrected chi connectivity index (χ0v) is 22.9. The van der Waals surface area contributed by atoms with Crippen molar-refractivity contribution in [1.29, 1.82) is 0 Å². The number of esters is 1. The summed E-state index contributed by atoms with van der Waals surface area (Å²) in [6, 6.07) is 4.90. The van der Waals surface area contributed by atoms with E-state index >= 15 is 0 Å². The third kappa shape index (κ3) is 4.18. The number of hydrogen-bond donors (Lipinski definition) is 1. The molecule has 0 saturated carbocycles. The van der Waals surface area contributed by atoms with E-state index in [1.54, 1.807) is 17.1 Å². The minimum Gasteiger partial charge on any atom is -0.465 e. The van der Waals surface area contributed by atoms with Gasteiger partial charge in [0.2, 0.25) is 5.91 Å². The first-order valence-corrected chi connectivity index (χ1v) is 13.5. The minimum atomic E-state index is -1.17. The number of amides is 2. The van der Waals surface area contributed by atoms with Crippen LogP contribution in [0.3, 0.4) is 0 Å². The molecule has 3 aliphatic heterocycles. The van der Waals surface area contributed by atoms with Crippen LogP contribution in [0.5, 0.6) is 0 Å². The summed E-state index contributed by atoms with van der Waals surface area (Å²) in [5.74, 6) is -2.78. The molecule has 4 rings (SSSR count). The predicted molar refractivity (Wildman–Crippen MR) is 144 cm³/mol. The first kappa shape index (κ1) is 28.0. The normalized spacial score (nSPS) is 31.3. The van der Waals surface area contributed by atoms with Crippen LogP contribution in [0.25, 0.3) is 0 Å². The van der Waals surface area contributed by atoms with Gasteiger partial charge in [0.1, 0.15) is 17.6 Å². The average molecular weight is 525 g/mol. The van der Waals surface area contributed by atoms with Crippen LogP contribution >= 0.6 is 0 Å². The summed E-state index contributed by atoms with van der Waals surface area (Å²) in [7, 11) is 0. The number of anilines is 1. The number of rotatable bonds is 11. The molecule has 6 atom stereocenters. The largest absolute Gasteiger partial charge is 0.465 e. The molecule has 3 aliphatic rings. The molecule has 1 aromatic carbocycles. The molecule has 3 heterocycles. The molecule has 206 valence electrons. The number of aliphatic hydroxyl groups excluding tert-OH is 1. The quantitative estimate of drug-likeness (QED) is 0.271. The van der Waals surface area contributed by atoms with E-state index in [0.717, 1.165) is 16.8 Å². The standard InChI is InChI=1S/C30H40N2O6/c1-7-9-17-37-28(36)23-22-26(34)32(15-11-16-33)25(30(22)18-21(5)29(23,6)38-30)27(35)31(14-8-2)24-19(3)12-10-13-20(24)4/h7-8,10,12-13,21-23,25,33H,1-2,9,11,14-18H2,3-6H3/t21?,22-,23+,25?,29-,30?/m0/s1. The van der Waals surface area contributed by atoms with E-state index in [0.29, 0.717) is 19.3 Å². The number of carbonyl (C=O) groups is 3. The third-order valence-corrected chi connectivity index (χ3v) is 8.71. The molecule has 0 aliphatic carbocycles. The van der Waals surface area contributed by atoms with E-state index in [1.807, 2.05) is 45.9 Å². The second kappa shape index (κ2) is 10.7. The van der Waals surface area contributed by atoms with Gasteiger partial charge < -0.3 is 24.4 Å². The second-order valence-electron chi connectivity index (χ2n) is 11.0. The van der Waals surface area contributed by atoms with Gasteiger partial charge in [-0.1, -0.05) is 37.3 Å². The number of aryl methyl sites for hydroxylation is 2. The van der Waals surface area contributed by atoms with Gasteiger partial charge in [0.15, 0.2) is 0 Å². The van der Waals surface area contributed by atoms with Crippen molar-refractivity contribution in [2.24, 2.45) is 17.8 Å². The summed E-state index contributed by atoms with van der Waals surface area (Å²) in [5.41, 5.74) is 0.534. The molecule has 3 saturated heterocycles. The number of hydrogen-bond acceptors (Lipinski definition) is 6. The van der Waals surface area contributed by atoms with Crippen LogP contribution in [-0.2, 0) is 23.9 Å². The molecule has 3 fully saturated rings. The lowest BCUT2D eigenvalue weighted by Gasteiger charge is -2.38. The van der Waals surface area contributed by atoms with Crippen LogP contribution in [0.4, 0.5) is 5.69 Å². The number of fused-ring (bicyclic) bond motifs is 1. The van der Waals surface area contributed by atoms with Crippen LogP contribution in [0, 0.1) is 31.6 Å². The Bertz CT molecular complexity index is 1110. The number of aliphatic hydroxyl groups is 1. The second-order valence-corrected chi connectivity index (χ2v) is 11.0. The maximum absolute atomic E-state index is 14.6. The van der Waals surface area contributed by atoms with Gasteiger partial charge in [-0.25, -0.2) is 0 Å². The van der Waals surface area contributed by atoms with Crippen LogP contribution in [-0.4, -0.2) is 71.3 Å². The van der Waals surface area contributed by atoms with Crippen molar-refractivity contribution in [3.63, 3.8) is 0 Å². The van der Waals surface area contributed by atoms with E-state index in [9.17, 15) is 19.5 Å². The van der Waals surface area contributed by atoms with Crippen LogP contribution in [0.1, 0.15) is 44.2 Å². The number of nitrogens with zero attached hydrogens (tertiary/aromatic N) is 2. The Balaban J connectivity index is 1.82. The summed E-state index contributed by atoms with van der Waals surface area (Å²) in [6.45, 7) is 15.8. The fourth-order valence-electron chi connectivity index (χ4n) is 6.99. The Morgan fingerprint density at radius 3 is 2.55 bits per heavy atom. The summed E-state index contributed by atoms with van der Waals surface area (Å²) >= 11 is 0. The van der Waals surface area contributed by atoms with E-state index < -0.39 is 35.0 Å². The van der Waals surface area contributed by atoms with Crippen molar-refractivity contribution in [3.05, 3.63) is 54.6 Å². The third-order valence-electron chi connectivity index (χ3n) is 8.71. The highest BCUT2D eigenvalue weighted by Crippen LogP contribution is 2.65. The summed E-state index contributed by atoms with van der Waals surface area (Å²) in [5, 5.41) is 9.60. The van der Waals surface area contributed by atoms with Gasteiger partial charge in [0, 0.05) is 25.4 Å². The van der Waals surface area contributed by atoms with E-state index in [1.165, 1.54) is 4.90 Å².